The minimum Gasteiger partial charge on any atom is -0.480 e. The van der Waals surface area contributed by atoms with Crippen LogP contribution in [0.25, 0.3) is 0 Å². The van der Waals surface area contributed by atoms with Crippen molar-refractivity contribution in [3.63, 3.8) is 0 Å². The summed E-state index contributed by atoms with van der Waals surface area (Å²) >= 11 is 0. The lowest BCUT2D eigenvalue weighted by Crippen LogP contribution is -2.31. The van der Waals surface area contributed by atoms with E-state index in [4.69, 9.17) is 4.74 Å². The van der Waals surface area contributed by atoms with Crippen molar-refractivity contribution in [2.75, 3.05) is 19.0 Å². The van der Waals surface area contributed by atoms with Crippen LogP contribution in [0, 0.1) is 0 Å². The summed E-state index contributed by atoms with van der Waals surface area (Å²) in [5.41, 5.74) is 1.05. The molecule has 2 amide bonds. The van der Waals surface area contributed by atoms with Crippen LogP contribution in [0.1, 0.15) is 5.69 Å². The summed E-state index contributed by atoms with van der Waals surface area (Å²) in [7, 11) is 3.37. The van der Waals surface area contributed by atoms with Crippen LogP contribution in [0.4, 0.5) is 10.6 Å². The topological polar surface area (TPSA) is 94.0 Å². The molecule has 0 saturated heterocycles. The lowest BCUT2D eigenvalue weighted by atomic mass is 10.3. The standard InChI is InChI=1S/C12H16N6O2/c1-18-9(4-6-16-18)3-5-13-12(19)17-10-7-15-11(20-2)8-14-10/h4,6-8H,3,5H2,1-2H3,(H2,13,14,17,19). The second kappa shape index (κ2) is 6.50. The fourth-order valence-electron chi connectivity index (χ4n) is 1.60. The van der Waals surface area contributed by atoms with E-state index in [2.05, 4.69) is 25.7 Å². The molecule has 0 bridgehead atoms. The molecule has 0 atom stereocenters. The summed E-state index contributed by atoms with van der Waals surface area (Å²) in [6.07, 6.45) is 5.30. The Morgan fingerprint density at radius 2 is 2.25 bits per heavy atom. The number of nitrogens with one attached hydrogen (secondary N) is 2. The molecule has 20 heavy (non-hydrogen) atoms. The second-order valence-corrected chi connectivity index (χ2v) is 4.02. The number of aryl methyl sites for hydroxylation is 1. The lowest BCUT2D eigenvalue weighted by Gasteiger charge is -2.07. The number of rotatable bonds is 5. The first-order valence-corrected chi connectivity index (χ1v) is 6.07. The molecule has 0 radical (unpaired) electrons. The Morgan fingerprint density at radius 1 is 1.40 bits per heavy atom. The van der Waals surface area contributed by atoms with E-state index < -0.39 is 0 Å². The number of methoxy groups -OCH3 is 1. The molecule has 8 heteroatoms. The van der Waals surface area contributed by atoms with Gasteiger partial charge >= 0.3 is 6.03 Å². The summed E-state index contributed by atoms with van der Waals surface area (Å²) < 4.78 is 6.65. The Labute approximate surface area is 116 Å². The van der Waals surface area contributed by atoms with Crippen molar-refractivity contribution in [1.29, 1.82) is 0 Å². The number of hydrogen-bond acceptors (Lipinski definition) is 5. The number of nitrogens with zero attached hydrogens (tertiary/aromatic N) is 4. The van der Waals surface area contributed by atoms with Crippen LogP contribution in [0.5, 0.6) is 5.88 Å². The fourth-order valence-corrected chi connectivity index (χ4v) is 1.60. The van der Waals surface area contributed by atoms with Gasteiger partial charge in [-0.15, -0.1) is 0 Å². The number of carbonyl (C=O) groups excluding carboxylic acids is 1. The molecule has 106 valence electrons. The molecule has 0 saturated carbocycles. The van der Waals surface area contributed by atoms with Gasteiger partial charge in [0.25, 0.3) is 0 Å². The van der Waals surface area contributed by atoms with Gasteiger partial charge in [0.1, 0.15) is 0 Å². The highest BCUT2D eigenvalue weighted by atomic mass is 16.5. The first-order chi connectivity index (χ1) is 9.69. The highest BCUT2D eigenvalue weighted by Crippen LogP contribution is 2.06. The number of aromatic nitrogens is 4. The number of amides is 2. The van der Waals surface area contributed by atoms with E-state index in [-0.39, 0.29) is 6.03 Å². The van der Waals surface area contributed by atoms with Gasteiger partial charge in [-0.25, -0.2) is 14.8 Å². The van der Waals surface area contributed by atoms with Crippen LogP contribution in [0.2, 0.25) is 0 Å². The summed E-state index contributed by atoms with van der Waals surface area (Å²) in [5.74, 6) is 0.760. The molecule has 2 N–H and O–H groups in total. The molecule has 0 spiro atoms. The van der Waals surface area contributed by atoms with Crippen molar-refractivity contribution >= 4 is 11.8 Å². The SMILES string of the molecule is COc1cnc(NC(=O)NCCc2ccnn2C)cn1. The maximum atomic E-state index is 11.6. The maximum absolute atomic E-state index is 11.6. The molecule has 0 aliphatic carbocycles. The van der Waals surface area contributed by atoms with Crippen molar-refractivity contribution in [2.24, 2.45) is 7.05 Å². The second-order valence-electron chi connectivity index (χ2n) is 4.02. The minimum atomic E-state index is -0.327. The lowest BCUT2D eigenvalue weighted by molar-refractivity contribution is 0.252. The molecule has 2 aromatic rings. The van der Waals surface area contributed by atoms with Crippen molar-refractivity contribution in [2.45, 2.75) is 6.42 Å². The molecule has 0 aromatic carbocycles. The van der Waals surface area contributed by atoms with Crippen LogP contribution < -0.4 is 15.4 Å². The average molecular weight is 276 g/mol. The van der Waals surface area contributed by atoms with E-state index in [1.54, 1.807) is 10.9 Å². The van der Waals surface area contributed by atoms with Gasteiger partial charge in [-0.1, -0.05) is 0 Å². The summed E-state index contributed by atoms with van der Waals surface area (Å²) in [5, 5.41) is 9.38. The molecule has 0 unspecified atom stereocenters. The van der Waals surface area contributed by atoms with Crippen LogP contribution in [-0.4, -0.2) is 39.4 Å². The molecule has 0 fully saturated rings. The molecule has 0 aliphatic heterocycles. The Morgan fingerprint density at radius 3 is 2.85 bits per heavy atom. The zero-order valence-corrected chi connectivity index (χ0v) is 11.3. The third-order valence-corrected chi connectivity index (χ3v) is 2.67. The number of urea groups is 1. The van der Waals surface area contributed by atoms with Gasteiger partial charge in [0.2, 0.25) is 5.88 Å². The van der Waals surface area contributed by atoms with Crippen LogP contribution in [-0.2, 0) is 13.5 Å². The van der Waals surface area contributed by atoms with E-state index in [0.29, 0.717) is 24.7 Å². The predicted octanol–water partition coefficient (Wildman–Crippen LogP) is 0.583. The first-order valence-electron chi connectivity index (χ1n) is 6.07. The number of ether oxygens (including phenoxy) is 1. The smallest absolute Gasteiger partial charge is 0.320 e. The largest absolute Gasteiger partial charge is 0.480 e. The zero-order chi connectivity index (χ0) is 14.4. The van der Waals surface area contributed by atoms with Gasteiger partial charge in [0.15, 0.2) is 5.82 Å². The Hall–Kier alpha value is -2.64. The van der Waals surface area contributed by atoms with Crippen molar-refractivity contribution in [3.8, 4) is 5.88 Å². The van der Waals surface area contributed by atoms with Crippen LogP contribution in [0.15, 0.2) is 24.7 Å². The minimum absolute atomic E-state index is 0.327. The fraction of sp³-hybridized carbons (Fsp3) is 0.333. The van der Waals surface area contributed by atoms with Crippen molar-refractivity contribution in [1.82, 2.24) is 25.1 Å². The van der Waals surface area contributed by atoms with Gasteiger partial charge in [0.05, 0.1) is 19.5 Å². The zero-order valence-electron chi connectivity index (χ0n) is 11.3. The van der Waals surface area contributed by atoms with E-state index >= 15 is 0 Å². The average Bonchev–Trinajstić information content (AvgIpc) is 2.85. The molecular weight excluding hydrogens is 260 g/mol. The summed E-state index contributed by atoms with van der Waals surface area (Å²) in [4.78, 5) is 19.6. The van der Waals surface area contributed by atoms with Crippen molar-refractivity contribution in [3.05, 3.63) is 30.4 Å². The maximum Gasteiger partial charge on any atom is 0.320 e. The van der Waals surface area contributed by atoms with Gasteiger partial charge in [-0.3, -0.25) is 10.00 Å². The normalized spacial score (nSPS) is 10.1. The predicted molar refractivity (Wildman–Crippen MR) is 72.5 cm³/mol. The Bertz CT molecular complexity index is 566. The third kappa shape index (κ3) is 3.67. The van der Waals surface area contributed by atoms with E-state index in [9.17, 15) is 4.79 Å². The summed E-state index contributed by atoms with van der Waals surface area (Å²) in [6.45, 7) is 0.509. The molecule has 2 rings (SSSR count). The molecule has 2 aromatic heterocycles. The number of anilines is 1. The third-order valence-electron chi connectivity index (χ3n) is 2.67. The highest BCUT2D eigenvalue weighted by molar-refractivity contribution is 5.87. The van der Waals surface area contributed by atoms with Crippen molar-refractivity contribution < 1.29 is 9.53 Å². The molecule has 8 nitrogen and oxygen atoms in total. The number of carbonyl (C=O) groups is 1. The Kier molecular flexibility index (Phi) is 4.48. The summed E-state index contributed by atoms with van der Waals surface area (Å²) in [6, 6.07) is 1.58. The Balaban J connectivity index is 1.76. The van der Waals surface area contributed by atoms with Gasteiger partial charge < -0.3 is 10.1 Å². The van der Waals surface area contributed by atoms with Crippen LogP contribution in [0.3, 0.4) is 0 Å². The molecule has 2 heterocycles. The quantitative estimate of drug-likeness (QED) is 0.833. The van der Waals surface area contributed by atoms with E-state index in [1.165, 1.54) is 19.5 Å². The van der Waals surface area contributed by atoms with Crippen LogP contribution >= 0.6 is 0 Å². The molecular formula is C12H16N6O2. The van der Waals surface area contributed by atoms with Gasteiger partial charge in [-0.2, -0.15) is 5.10 Å². The van der Waals surface area contributed by atoms with Gasteiger partial charge in [-0.05, 0) is 6.07 Å². The van der Waals surface area contributed by atoms with E-state index in [1.807, 2.05) is 13.1 Å². The van der Waals surface area contributed by atoms with E-state index in [0.717, 1.165) is 5.69 Å². The first kappa shape index (κ1) is 13.8. The molecule has 0 aliphatic rings. The number of hydrogen-bond donors (Lipinski definition) is 2. The van der Waals surface area contributed by atoms with Gasteiger partial charge in [0, 0.05) is 31.9 Å². The monoisotopic (exact) mass is 276 g/mol. The highest BCUT2D eigenvalue weighted by Gasteiger charge is 2.04.